The number of rotatable bonds is 14. The second-order valence-electron chi connectivity index (χ2n) is 10.7. The fraction of sp³-hybridized carbons (Fsp3) is 0.235. The van der Waals surface area contributed by atoms with E-state index in [2.05, 4.69) is 32.7 Å². The highest BCUT2D eigenvalue weighted by Gasteiger charge is 2.38. The fourth-order valence-corrected chi connectivity index (χ4v) is 7.21. The maximum Gasteiger partial charge on any atom is 0.305 e. The molecule has 9 nitrogen and oxygen atoms in total. The number of phenols is 1. The number of nitrogens with zero attached hydrogens (tertiary/aromatic N) is 1. The van der Waals surface area contributed by atoms with Crippen LogP contribution in [0.1, 0.15) is 44.2 Å². The minimum Gasteiger partial charge on any atom is -0.506 e. The van der Waals surface area contributed by atoms with Crippen LogP contribution in [0.2, 0.25) is 0 Å². The average molecular weight is 643 g/mol. The predicted molar refractivity (Wildman–Crippen MR) is 177 cm³/mol. The number of benzene rings is 3. The Labute approximate surface area is 267 Å². The third-order valence-electron chi connectivity index (χ3n) is 7.64. The van der Waals surface area contributed by atoms with Gasteiger partial charge in [0, 0.05) is 47.9 Å². The van der Waals surface area contributed by atoms with E-state index in [4.69, 9.17) is 4.42 Å². The van der Waals surface area contributed by atoms with Crippen LogP contribution >= 0.6 is 22.7 Å². The number of aliphatic hydroxyl groups is 2. The number of aromatic amines is 1. The summed E-state index contributed by atoms with van der Waals surface area (Å²) in [5.74, 6) is 0.941. The molecule has 0 aliphatic rings. The fourth-order valence-electron chi connectivity index (χ4n) is 5.30. The number of thiophene rings is 1. The van der Waals surface area contributed by atoms with Gasteiger partial charge in [0.05, 0.1) is 17.0 Å². The lowest BCUT2D eigenvalue weighted by atomic mass is 9.86. The van der Waals surface area contributed by atoms with Crippen molar-refractivity contribution in [2.75, 3.05) is 19.6 Å². The molecular weight excluding hydrogens is 609 g/mol. The summed E-state index contributed by atoms with van der Waals surface area (Å²) in [6.45, 7) is 2.45. The molecule has 0 fully saturated rings. The first-order valence-electron chi connectivity index (χ1n) is 14.7. The largest absolute Gasteiger partial charge is 0.506 e. The van der Waals surface area contributed by atoms with Gasteiger partial charge in [0.2, 0.25) is 5.89 Å². The van der Waals surface area contributed by atoms with Crippen LogP contribution in [0.5, 0.6) is 5.75 Å². The summed E-state index contributed by atoms with van der Waals surface area (Å²) < 4.78 is 6.67. The molecule has 0 amide bonds. The number of aromatic nitrogens is 2. The zero-order valence-corrected chi connectivity index (χ0v) is 26.0. The molecular formula is C34H34N4O5S2. The van der Waals surface area contributed by atoms with Crippen LogP contribution < -0.4 is 15.5 Å². The minimum atomic E-state index is -1.49. The summed E-state index contributed by atoms with van der Waals surface area (Å²) >= 11 is 2.73. The summed E-state index contributed by atoms with van der Waals surface area (Å²) in [5, 5.41) is 39.3. The van der Waals surface area contributed by atoms with Crippen molar-refractivity contribution < 1.29 is 19.7 Å². The molecule has 0 aliphatic heterocycles. The number of thiazole rings is 1. The van der Waals surface area contributed by atoms with Crippen LogP contribution in [0, 0.1) is 0 Å². The highest BCUT2D eigenvalue weighted by molar-refractivity contribution is 7.16. The molecule has 232 valence electrons. The van der Waals surface area contributed by atoms with E-state index in [0.717, 1.165) is 24.3 Å². The van der Waals surface area contributed by atoms with Gasteiger partial charge in [-0.1, -0.05) is 78.1 Å². The molecule has 0 spiro atoms. The van der Waals surface area contributed by atoms with E-state index in [1.165, 1.54) is 15.8 Å². The smallest absolute Gasteiger partial charge is 0.305 e. The molecule has 45 heavy (non-hydrogen) atoms. The Morgan fingerprint density at radius 3 is 2.29 bits per heavy atom. The number of fused-ring (bicyclic) bond motifs is 1. The molecule has 0 saturated carbocycles. The van der Waals surface area contributed by atoms with E-state index >= 15 is 0 Å². The van der Waals surface area contributed by atoms with Crippen molar-refractivity contribution in [3.05, 3.63) is 139 Å². The van der Waals surface area contributed by atoms with Gasteiger partial charge in [0.1, 0.15) is 17.0 Å². The summed E-state index contributed by atoms with van der Waals surface area (Å²) in [5.41, 5.74) is 0.879. The maximum absolute atomic E-state index is 11.9. The lowest BCUT2D eigenvalue weighted by molar-refractivity contribution is 0.0913. The molecule has 0 saturated heterocycles. The molecule has 3 heterocycles. The van der Waals surface area contributed by atoms with Crippen LogP contribution in [0.3, 0.4) is 0 Å². The molecule has 3 aromatic carbocycles. The number of hydrogen-bond donors (Lipinski definition) is 6. The molecule has 6 aromatic rings. The molecule has 6 N–H and O–H groups in total. The second kappa shape index (κ2) is 13.9. The van der Waals surface area contributed by atoms with E-state index in [0.29, 0.717) is 58.7 Å². The lowest BCUT2D eigenvalue weighted by Crippen LogP contribution is -2.29. The second-order valence-corrected chi connectivity index (χ2v) is 13.0. The van der Waals surface area contributed by atoms with E-state index in [1.807, 2.05) is 60.7 Å². The van der Waals surface area contributed by atoms with E-state index in [1.54, 1.807) is 23.6 Å². The average Bonchev–Trinajstić information content (AvgIpc) is 3.82. The summed E-state index contributed by atoms with van der Waals surface area (Å²) in [4.78, 5) is 21.0. The van der Waals surface area contributed by atoms with Crippen LogP contribution in [0.4, 0.5) is 0 Å². The first-order chi connectivity index (χ1) is 21.9. The van der Waals surface area contributed by atoms with Gasteiger partial charge in [0.25, 0.3) is 0 Å². The van der Waals surface area contributed by atoms with Gasteiger partial charge in [-0.2, -0.15) is 0 Å². The van der Waals surface area contributed by atoms with Crippen molar-refractivity contribution in [3.63, 3.8) is 0 Å². The third kappa shape index (κ3) is 6.94. The quantitative estimate of drug-likeness (QED) is 0.0928. The van der Waals surface area contributed by atoms with Crippen LogP contribution in [0.25, 0.3) is 10.2 Å². The lowest BCUT2D eigenvalue weighted by Gasteiger charge is -2.26. The predicted octanol–water partition coefficient (Wildman–Crippen LogP) is 4.83. The molecule has 0 radical (unpaired) electrons. The SMILES string of the molecule is O=c1[nH]c2c(O)ccc([C@@H](O)CNCCc3ccc(CNCCc4cnc(C(O)(c5ccccc5)c5ccccc5)o4)s3)c2s1. The van der Waals surface area contributed by atoms with Crippen LogP contribution in [0.15, 0.2) is 100 Å². The Kier molecular flexibility index (Phi) is 9.55. The standard InChI is InChI=1S/C34H34N4O5S2/c39-28-14-13-27(31-30(28)38-33(41)45-31)29(40)21-36-18-16-25-11-12-26(44-25)20-35-17-15-24-19-37-32(43-24)34(42,22-7-3-1-4-8-22)23-9-5-2-6-10-23/h1-14,19,29,35-36,39-40,42H,15-18,20-21H2,(H,38,41)/t29-/m0/s1. The van der Waals surface area contributed by atoms with Gasteiger partial charge in [-0.3, -0.25) is 4.79 Å². The van der Waals surface area contributed by atoms with Crippen molar-refractivity contribution in [2.45, 2.75) is 31.1 Å². The normalized spacial score (nSPS) is 12.6. The Hall–Kier alpha value is -4.10. The number of aromatic hydroxyl groups is 1. The highest BCUT2D eigenvalue weighted by Crippen LogP contribution is 2.36. The van der Waals surface area contributed by atoms with Crippen molar-refractivity contribution in [3.8, 4) is 5.75 Å². The minimum absolute atomic E-state index is 0.00205. The van der Waals surface area contributed by atoms with E-state index in [9.17, 15) is 20.1 Å². The highest BCUT2D eigenvalue weighted by atomic mass is 32.1. The Balaban J connectivity index is 0.964. The monoisotopic (exact) mass is 642 g/mol. The van der Waals surface area contributed by atoms with Crippen molar-refractivity contribution in [1.29, 1.82) is 0 Å². The first kappa shape index (κ1) is 30.9. The first-order valence-corrected chi connectivity index (χ1v) is 16.4. The molecule has 0 bridgehead atoms. The van der Waals surface area contributed by atoms with Gasteiger partial charge in [-0.15, -0.1) is 11.3 Å². The van der Waals surface area contributed by atoms with E-state index in [-0.39, 0.29) is 16.5 Å². The van der Waals surface area contributed by atoms with E-state index < -0.39 is 11.7 Å². The zero-order valence-electron chi connectivity index (χ0n) is 24.4. The number of aliphatic hydroxyl groups excluding tert-OH is 1. The number of H-pyrrole nitrogens is 1. The number of nitrogens with one attached hydrogen (secondary N) is 3. The molecule has 0 unspecified atom stereocenters. The Morgan fingerprint density at radius 2 is 1.56 bits per heavy atom. The Morgan fingerprint density at radius 1 is 0.867 bits per heavy atom. The van der Waals surface area contributed by atoms with Gasteiger partial charge in [-0.25, -0.2) is 4.98 Å². The number of phenolic OH excluding ortho intramolecular Hbond substituents is 1. The van der Waals surface area contributed by atoms with Crippen LogP contribution in [-0.4, -0.2) is 44.9 Å². The maximum atomic E-state index is 11.9. The van der Waals surface area contributed by atoms with Gasteiger partial charge in [-0.05, 0) is 35.7 Å². The van der Waals surface area contributed by atoms with Crippen molar-refractivity contribution in [2.24, 2.45) is 0 Å². The third-order valence-corrected chi connectivity index (χ3v) is 9.72. The summed E-state index contributed by atoms with van der Waals surface area (Å²) in [6, 6.07) is 26.3. The van der Waals surface area contributed by atoms with Crippen molar-refractivity contribution in [1.82, 2.24) is 20.6 Å². The Bertz CT molecular complexity index is 1860. The zero-order chi connectivity index (χ0) is 31.2. The van der Waals surface area contributed by atoms with Gasteiger partial charge >= 0.3 is 4.87 Å². The number of oxazole rings is 1. The number of hydrogen-bond acceptors (Lipinski definition) is 10. The molecule has 0 aliphatic carbocycles. The molecule has 1 atom stereocenters. The van der Waals surface area contributed by atoms with Crippen LogP contribution in [-0.2, 0) is 25.0 Å². The molecule has 11 heteroatoms. The van der Waals surface area contributed by atoms with Gasteiger partial charge in [0.15, 0.2) is 5.60 Å². The summed E-state index contributed by atoms with van der Waals surface area (Å²) in [6.07, 6.45) is 2.34. The topological polar surface area (TPSA) is 144 Å². The molecule has 3 aromatic heterocycles. The molecule has 6 rings (SSSR count). The van der Waals surface area contributed by atoms with Crippen molar-refractivity contribution >= 4 is 32.9 Å². The van der Waals surface area contributed by atoms with Gasteiger partial charge < -0.3 is 35.4 Å². The summed E-state index contributed by atoms with van der Waals surface area (Å²) in [7, 11) is 0.